The molecule has 3 heterocycles. The van der Waals surface area contributed by atoms with Crippen molar-refractivity contribution in [2.75, 3.05) is 17.8 Å². The zero-order valence-corrected chi connectivity index (χ0v) is 19.3. The molecule has 0 radical (unpaired) electrons. The highest BCUT2D eigenvalue weighted by Crippen LogP contribution is 2.43. The van der Waals surface area contributed by atoms with E-state index in [-0.39, 0.29) is 29.7 Å². The molecule has 1 aromatic heterocycles. The van der Waals surface area contributed by atoms with Gasteiger partial charge < -0.3 is 31.0 Å². The van der Waals surface area contributed by atoms with Crippen LogP contribution < -0.4 is 31.0 Å². The molecule has 36 heavy (non-hydrogen) atoms. The van der Waals surface area contributed by atoms with Crippen molar-refractivity contribution in [3.63, 3.8) is 0 Å². The smallest absolute Gasteiger partial charge is 0.269 e. The minimum Gasteiger partial charge on any atom is -0.488 e. The van der Waals surface area contributed by atoms with Crippen molar-refractivity contribution in [3.8, 4) is 34.2 Å². The quantitative estimate of drug-likeness (QED) is 0.360. The molecule has 0 aliphatic carbocycles. The van der Waals surface area contributed by atoms with Crippen molar-refractivity contribution < 1.29 is 23.8 Å². The first-order valence-electron chi connectivity index (χ1n) is 10.8. The molecular weight excluding hydrogens is 486 g/mol. The molecule has 0 spiro atoms. The van der Waals surface area contributed by atoms with Gasteiger partial charge in [-0.15, -0.1) is 0 Å². The van der Waals surface area contributed by atoms with Crippen LogP contribution in [0, 0.1) is 0 Å². The van der Waals surface area contributed by atoms with Crippen LogP contribution in [0.2, 0.25) is 5.02 Å². The molecular formula is C25H18ClN5O5. The number of nitrogen functional groups attached to an aromatic ring is 1. The summed E-state index contributed by atoms with van der Waals surface area (Å²) in [5.41, 5.74) is 15.1. The lowest BCUT2D eigenvalue weighted by Gasteiger charge is -2.21. The fraction of sp³-hybridized carbons (Fsp3) is 0.0800. The van der Waals surface area contributed by atoms with Gasteiger partial charge in [0.15, 0.2) is 17.2 Å². The zero-order chi connectivity index (χ0) is 25.0. The van der Waals surface area contributed by atoms with Crippen molar-refractivity contribution in [2.45, 2.75) is 6.61 Å². The molecule has 0 fully saturated rings. The Hall–Kier alpha value is -4.70. The molecule has 2 aliphatic rings. The summed E-state index contributed by atoms with van der Waals surface area (Å²) >= 11 is 6.20. The number of fused-ring (bicyclic) bond motifs is 4. The number of ether oxygens (including phenoxy) is 3. The second kappa shape index (κ2) is 8.21. The number of nitrogens with one attached hydrogen (secondary N) is 1. The summed E-state index contributed by atoms with van der Waals surface area (Å²) in [6.45, 7) is 0.234. The highest BCUT2D eigenvalue weighted by molar-refractivity contribution is 6.34. The number of nitrogens with two attached hydrogens (primary N) is 2. The van der Waals surface area contributed by atoms with Gasteiger partial charge >= 0.3 is 0 Å². The monoisotopic (exact) mass is 503 g/mol. The van der Waals surface area contributed by atoms with E-state index >= 15 is 0 Å². The molecule has 2 amide bonds. The Labute approximate surface area is 209 Å². The van der Waals surface area contributed by atoms with E-state index in [0.717, 1.165) is 0 Å². The summed E-state index contributed by atoms with van der Waals surface area (Å²) < 4.78 is 18.4. The maximum absolute atomic E-state index is 12.9. The van der Waals surface area contributed by atoms with E-state index in [4.69, 9.17) is 37.3 Å². The molecule has 180 valence electrons. The summed E-state index contributed by atoms with van der Waals surface area (Å²) in [5, 5.41) is 7.58. The fourth-order valence-electron chi connectivity index (χ4n) is 4.25. The van der Waals surface area contributed by atoms with Crippen LogP contribution in [0.15, 0.2) is 54.6 Å². The Morgan fingerprint density at radius 3 is 2.58 bits per heavy atom. The Balaban J connectivity index is 1.44. The van der Waals surface area contributed by atoms with Crippen LogP contribution in [-0.2, 0) is 6.61 Å². The summed E-state index contributed by atoms with van der Waals surface area (Å²) in [6, 6.07) is 15.2. The summed E-state index contributed by atoms with van der Waals surface area (Å²) in [5.74, 6) is 0.652. The first-order chi connectivity index (χ1) is 17.4. The number of nitrogens with zero attached hydrogens (tertiary/aromatic N) is 2. The Kier molecular flexibility index (Phi) is 4.97. The van der Waals surface area contributed by atoms with Crippen molar-refractivity contribution in [1.29, 1.82) is 0 Å². The number of hydrogen-bond acceptors (Lipinski definition) is 7. The number of rotatable bonds is 4. The van der Waals surface area contributed by atoms with Crippen molar-refractivity contribution in [3.05, 3.63) is 76.4 Å². The first kappa shape index (κ1) is 21.8. The number of anilines is 2. The van der Waals surface area contributed by atoms with E-state index < -0.39 is 11.8 Å². The van der Waals surface area contributed by atoms with Crippen molar-refractivity contribution in [1.82, 2.24) is 9.78 Å². The lowest BCUT2D eigenvalue weighted by Crippen LogP contribution is -2.16. The van der Waals surface area contributed by atoms with Gasteiger partial charge in [-0.2, -0.15) is 5.10 Å². The number of primary amides is 1. The number of hydrogen-bond donors (Lipinski definition) is 3. The van der Waals surface area contributed by atoms with E-state index in [2.05, 4.69) is 10.4 Å². The number of carbonyl (C=O) groups is 2. The van der Waals surface area contributed by atoms with Crippen LogP contribution in [0.4, 0.5) is 11.4 Å². The van der Waals surface area contributed by atoms with E-state index in [1.165, 1.54) is 6.07 Å². The number of benzene rings is 3. The highest BCUT2D eigenvalue weighted by Gasteiger charge is 2.30. The van der Waals surface area contributed by atoms with E-state index in [1.807, 2.05) is 0 Å². The molecule has 2 aliphatic heterocycles. The minimum atomic E-state index is -0.680. The average Bonchev–Trinajstić information content (AvgIpc) is 3.48. The van der Waals surface area contributed by atoms with Gasteiger partial charge in [-0.25, -0.2) is 4.68 Å². The topological polar surface area (TPSA) is 144 Å². The fourth-order valence-corrected chi connectivity index (χ4v) is 4.52. The van der Waals surface area contributed by atoms with Crippen LogP contribution in [0.25, 0.3) is 16.9 Å². The standard InChI is InChI=1S/C25H18ClN5O5/c26-18-7-12(27)1-4-15(18)25(33)29-13-2-5-19-16(8-13)23-17(10-34-19)22(24(28)32)30-31(23)14-3-6-20-21(9-14)36-11-35-20/h1-9H,10-11,27H2,(H2,28,32)(H,29,33). The van der Waals surface area contributed by atoms with Gasteiger partial charge in [0.1, 0.15) is 12.4 Å². The van der Waals surface area contributed by atoms with Crippen LogP contribution in [-0.4, -0.2) is 28.4 Å². The third kappa shape index (κ3) is 3.55. The van der Waals surface area contributed by atoms with Crippen LogP contribution >= 0.6 is 11.6 Å². The molecule has 0 atom stereocenters. The lowest BCUT2D eigenvalue weighted by molar-refractivity contribution is 0.0990. The highest BCUT2D eigenvalue weighted by atomic mass is 35.5. The molecule has 0 saturated carbocycles. The Morgan fingerprint density at radius 2 is 1.78 bits per heavy atom. The summed E-state index contributed by atoms with van der Waals surface area (Å²) in [4.78, 5) is 25.1. The first-order valence-corrected chi connectivity index (χ1v) is 11.2. The van der Waals surface area contributed by atoms with Gasteiger partial charge in [0, 0.05) is 28.6 Å². The SMILES string of the molecule is NC(=O)c1nn(-c2ccc3c(c2)OCO3)c2c1COc1ccc(NC(=O)c3ccc(N)cc3Cl)cc1-2. The molecule has 4 aromatic rings. The maximum Gasteiger partial charge on any atom is 0.269 e. The molecule has 5 N–H and O–H groups in total. The van der Waals surface area contributed by atoms with Crippen LogP contribution in [0.1, 0.15) is 26.4 Å². The number of halogens is 1. The minimum absolute atomic E-state index is 0.0939. The molecule has 3 aromatic carbocycles. The number of carbonyl (C=O) groups excluding carboxylic acids is 2. The third-order valence-electron chi connectivity index (χ3n) is 5.92. The Morgan fingerprint density at radius 1 is 0.972 bits per heavy atom. The van der Waals surface area contributed by atoms with Crippen LogP contribution in [0.5, 0.6) is 17.2 Å². The largest absolute Gasteiger partial charge is 0.488 e. The molecule has 0 bridgehead atoms. The summed E-state index contributed by atoms with van der Waals surface area (Å²) in [7, 11) is 0. The van der Waals surface area contributed by atoms with E-state index in [9.17, 15) is 9.59 Å². The second-order valence-electron chi connectivity index (χ2n) is 8.18. The number of aromatic nitrogens is 2. The normalized spacial score (nSPS) is 12.9. The van der Waals surface area contributed by atoms with Crippen molar-refractivity contribution >= 4 is 34.8 Å². The molecule has 0 unspecified atom stereocenters. The van der Waals surface area contributed by atoms with E-state index in [1.54, 1.807) is 53.2 Å². The van der Waals surface area contributed by atoms with Gasteiger partial charge in [0.05, 0.1) is 22.0 Å². The molecule has 11 heteroatoms. The molecule has 6 rings (SSSR count). The van der Waals surface area contributed by atoms with Gasteiger partial charge in [0.25, 0.3) is 11.8 Å². The molecule has 0 saturated heterocycles. The maximum atomic E-state index is 12.9. The predicted molar refractivity (Wildman–Crippen MR) is 132 cm³/mol. The number of amides is 2. The van der Waals surface area contributed by atoms with E-state index in [0.29, 0.717) is 51.1 Å². The van der Waals surface area contributed by atoms with Gasteiger partial charge in [0.2, 0.25) is 6.79 Å². The second-order valence-corrected chi connectivity index (χ2v) is 8.59. The predicted octanol–water partition coefficient (Wildman–Crippen LogP) is 3.75. The Bertz CT molecular complexity index is 1580. The third-order valence-corrected chi connectivity index (χ3v) is 6.23. The van der Waals surface area contributed by atoms with Gasteiger partial charge in [-0.05, 0) is 48.5 Å². The zero-order valence-electron chi connectivity index (χ0n) is 18.6. The average molecular weight is 504 g/mol. The van der Waals surface area contributed by atoms with Crippen molar-refractivity contribution in [2.24, 2.45) is 5.73 Å². The summed E-state index contributed by atoms with van der Waals surface area (Å²) in [6.07, 6.45) is 0. The molecule has 10 nitrogen and oxygen atoms in total. The van der Waals surface area contributed by atoms with Gasteiger partial charge in [-0.3, -0.25) is 9.59 Å². The van der Waals surface area contributed by atoms with Crippen LogP contribution in [0.3, 0.4) is 0 Å². The van der Waals surface area contributed by atoms with Gasteiger partial charge in [-0.1, -0.05) is 11.6 Å². The lowest BCUT2D eigenvalue weighted by atomic mass is 10.0.